The van der Waals surface area contributed by atoms with Gasteiger partial charge in [0, 0.05) is 48.3 Å². The van der Waals surface area contributed by atoms with Crippen molar-refractivity contribution in [3.63, 3.8) is 0 Å². The van der Waals surface area contributed by atoms with Crippen LogP contribution in [0.2, 0.25) is 0 Å². The second-order valence-electron chi connectivity index (χ2n) is 8.97. The standard InChI is InChI=1S/C24H29N5O5/c1-15-21-19(25-26-23(30)16-6-4-7-18(14-16)29(32)33)8-5-9-20(21)34-22(15)24(31)28(3)17-10-12-27(2)13-11-17/h4,6-7,14,17H,5,8-13H2,1-3H3,(H,26,30)/b25-19+. The number of hydrazone groups is 1. The minimum Gasteiger partial charge on any atom is -0.455 e. The highest BCUT2D eigenvalue weighted by atomic mass is 16.6. The van der Waals surface area contributed by atoms with Gasteiger partial charge in [-0.15, -0.1) is 0 Å². The number of piperidine rings is 1. The number of carbonyl (C=O) groups excluding carboxylic acids is 2. The molecule has 1 aromatic carbocycles. The molecular formula is C24H29N5O5. The summed E-state index contributed by atoms with van der Waals surface area (Å²) in [5, 5.41) is 15.3. The fourth-order valence-electron chi connectivity index (χ4n) is 4.64. The fourth-order valence-corrected chi connectivity index (χ4v) is 4.64. The number of hydrogen-bond acceptors (Lipinski definition) is 7. The van der Waals surface area contributed by atoms with Crippen LogP contribution in [0.15, 0.2) is 33.8 Å². The van der Waals surface area contributed by atoms with Gasteiger partial charge in [0.1, 0.15) is 5.76 Å². The Hall–Kier alpha value is -3.53. The largest absolute Gasteiger partial charge is 0.455 e. The van der Waals surface area contributed by atoms with Crippen LogP contribution in [0.1, 0.15) is 63.5 Å². The molecular weight excluding hydrogens is 438 g/mol. The lowest BCUT2D eigenvalue weighted by Crippen LogP contribution is -2.44. The Morgan fingerprint density at radius 1 is 1.26 bits per heavy atom. The summed E-state index contributed by atoms with van der Waals surface area (Å²) in [6.07, 6.45) is 3.95. The number of nitro groups is 1. The summed E-state index contributed by atoms with van der Waals surface area (Å²) in [6.45, 7) is 3.76. The van der Waals surface area contributed by atoms with E-state index in [-0.39, 0.29) is 23.2 Å². The molecule has 1 aliphatic carbocycles. The maximum atomic E-state index is 13.3. The summed E-state index contributed by atoms with van der Waals surface area (Å²) >= 11 is 0. The Morgan fingerprint density at radius 3 is 2.71 bits per heavy atom. The zero-order chi connectivity index (χ0) is 24.4. The molecule has 1 fully saturated rings. The van der Waals surface area contributed by atoms with Crippen LogP contribution in [-0.2, 0) is 6.42 Å². The topological polar surface area (TPSA) is 121 Å². The van der Waals surface area contributed by atoms with Gasteiger partial charge in [0.25, 0.3) is 17.5 Å². The summed E-state index contributed by atoms with van der Waals surface area (Å²) < 4.78 is 6.03. The molecule has 2 aliphatic rings. The number of furan rings is 1. The number of aryl methyl sites for hydroxylation is 1. The molecule has 0 spiro atoms. The van der Waals surface area contributed by atoms with Gasteiger partial charge in [-0.3, -0.25) is 19.7 Å². The number of carbonyl (C=O) groups is 2. The molecule has 2 aromatic rings. The van der Waals surface area contributed by atoms with Crippen LogP contribution in [-0.4, -0.2) is 65.5 Å². The number of non-ortho nitro benzene ring substituents is 1. The van der Waals surface area contributed by atoms with Crippen molar-refractivity contribution in [2.45, 2.75) is 45.1 Å². The van der Waals surface area contributed by atoms with E-state index in [2.05, 4.69) is 22.5 Å². The van der Waals surface area contributed by atoms with E-state index >= 15 is 0 Å². The van der Waals surface area contributed by atoms with Crippen LogP contribution in [0.5, 0.6) is 0 Å². The number of fused-ring (bicyclic) bond motifs is 1. The smallest absolute Gasteiger partial charge is 0.289 e. The predicted molar refractivity (Wildman–Crippen MR) is 126 cm³/mol. The summed E-state index contributed by atoms with van der Waals surface area (Å²) in [6, 6.07) is 5.66. The Labute approximate surface area is 197 Å². The minimum atomic E-state index is -0.550. The maximum absolute atomic E-state index is 13.3. The van der Waals surface area contributed by atoms with Gasteiger partial charge >= 0.3 is 0 Å². The monoisotopic (exact) mass is 467 g/mol. The van der Waals surface area contributed by atoms with Crippen molar-refractivity contribution in [2.24, 2.45) is 5.10 Å². The Balaban J connectivity index is 1.53. The molecule has 2 heterocycles. The lowest BCUT2D eigenvalue weighted by Gasteiger charge is -2.34. The summed E-state index contributed by atoms with van der Waals surface area (Å²) in [7, 11) is 3.91. The number of amides is 2. The predicted octanol–water partition coefficient (Wildman–Crippen LogP) is 3.13. The third-order valence-corrected chi connectivity index (χ3v) is 6.69. The van der Waals surface area contributed by atoms with Gasteiger partial charge in [-0.05, 0) is 58.8 Å². The fraction of sp³-hybridized carbons (Fsp3) is 0.458. The third-order valence-electron chi connectivity index (χ3n) is 6.69. The number of benzene rings is 1. The van der Waals surface area contributed by atoms with Gasteiger partial charge < -0.3 is 14.2 Å². The average Bonchev–Trinajstić information content (AvgIpc) is 3.19. The molecule has 34 heavy (non-hydrogen) atoms. The van der Waals surface area contributed by atoms with E-state index in [1.807, 2.05) is 14.0 Å². The van der Waals surface area contributed by atoms with E-state index in [0.717, 1.165) is 43.5 Å². The molecule has 180 valence electrons. The quantitative estimate of drug-likeness (QED) is 0.533. The van der Waals surface area contributed by atoms with Crippen molar-refractivity contribution in [1.29, 1.82) is 0 Å². The molecule has 0 unspecified atom stereocenters. The first-order valence-corrected chi connectivity index (χ1v) is 11.5. The highest BCUT2D eigenvalue weighted by Gasteiger charge is 2.32. The van der Waals surface area contributed by atoms with Gasteiger partial charge in [0.05, 0.1) is 10.6 Å². The van der Waals surface area contributed by atoms with Crippen LogP contribution in [0.3, 0.4) is 0 Å². The minimum absolute atomic E-state index is 0.138. The molecule has 4 rings (SSSR count). The summed E-state index contributed by atoms with van der Waals surface area (Å²) in [5.41, 5.74) is 4.62. The molecule has 1 aliphatic heterocycles. The summed E-state index contributed by atoms with van der Waals surface area (Å²) in [5.74, 6) is 0.350. The van der Waals surface area contributed by atoms with Crippen LogP contribution in [0.25, 0.3) is 0 Å². The van der Waals surface area contributed by atoms with Crippen LogP contribution in [0, 0.1) is 17.0 Å². The molecule has 1 N–H and O–H groups in total. The normalized spacial score (nSPS) is 17.9. The van der Waals surface area contributed by atoms with Gasteiger partial charge in [-0.25, -0.2) is 5.43 Å². The van der Waals surface area contributed by atoms with Gasteiger partial charge in [0.15, 0.2) is 5.76 Å². The first kappa shape index (κ1) is 23.6. The van der Waals surface area contributed by atoms with Crippen molar-refractivity contribution >= 4 is 23.2 Å². The second kappa shape index (κ2) is 9.76. The average molecular weight is 468 g/mol. The van der Waals surface area contributed by atoms with E-state index in [9.17, 15) is 19.7 Å². The number of rotatable bonds is 5. The number of hydrogen-bond donors (Lipinski definition) is 1. The molecule has 0 atom stereocenters. The molecule has 10 nitrogen and oxygen atoms in total. The van der Waals surface area contributed by atoms with Gasteiger partial charge in [0.2, 0.25) is 0 Å². The Morgan fingerprint density at radius 2 is 2.00 bits per heavy atom. The summed E-state index contributed by atoms with van der Waals surface area (Å²) in [4.78, 5) is 40.3. The highest BCUT2D eigenvalue weighted by molar-refractivity contribution is 6.07. The number of nitrogens with zero attached hydrogens (tertiary/aromatic N) is 4. The molecule has 0 saturated carbocycles. The van der Waals surface area contributed by atoms with E-state index in [1.54, 1.807) is 4.90 Å². The highest BCUT2D eigenvalue weighted by Crippen LogP contribution is 2.31. The zero-order valence-corrected chi connectivity index (χ0v) is 19.7. The number of likely N-dealkylation sites (tertiary alicyclic amines) is 1. The molecule has 1 saturated heterocycles. The van der Waals surface area contributed by atoms with E-state index < -0.39 is 10.8 Å². The lowest BCUT2D eigenvalue weighted by atomic mass is 9.93. The van der Waals surface area contributed by atoms with Gasteiger partial charge in [-0.1, -0.05) is 6.07 Å². The van der Waals surface area contributed by atoms with E-state index in [1.165, 1.54) is 24.3 Å². The van der Waals surface area contributed by atoms with Crippen LogP contribution >= 0.6 is 0 Å². The molecule has 0 bridgehead atoms. The molecule has 2 amide bonds. The van der Waals surface area contributed by atoms with Crippen LogP contribution < -0.4 is 5.43 Å². The lowest BCUT2D eigenvalue weighted by molar-refractivity contribution is -0.384. The first-order chi connectivity index (χ1) is 16.3. The van der Waals surface area contributed by atoms with Crippen molar-refractivity contribution < 1.29 is 18.9 Å². The molecule has 0 radical (unpaired) electrons. The van der Waals surface area contributed by atoms with Gasteiger partial charge in [-0.2, -0.15) is 5.10 Å². The number of nitrogens with one attached hydrogen (secondary N) is 1. The molecule has 1 aromatic heterocycles. The first-order valence-electron chi connectivity index (χ1n) is 11.5. The van der Waals surface area contributed by atoms with Crippen molar-refractivity contribution in [2.75, 3.05) is 27.2 Å². The second-order valence-corrected chi connectivity index (χ2v) is 8.97. The molecule has 10 heteroatoms. The van der Waals surface area contributed by atoms with E-state index in [0.29, 0.717) is 30.1 Å². The Bertz CT molecular complexity index is 1150. The Kier molecular flexibility index (Phi) is 6.78. The van der Waals surface area contributed by atoms with Crippen molar-refractivity contribution in [3.05, 3.63) is 62.6 Å². The maximum Gasteiger partial charge on any atom is 0.289 e. The van der Waals surface area contributed by atoms with Crippen molar-refractivity contribution in [1.82, 2.24) is 15.2 Å². The third kappa shape index (κ3) is 4.72. The SMILES string of the molecule is Cc1c(C(=O)N(C)C2CCN(C)CC2)oc2c1/C(=N/NC(=O)c1cccc([N+](=O)[O-])c1)CCC2. The van der Waals surface area contributed by atoms with E-state index in [4.69, 9.17) is 4.42 Å². The zero-order valence-electron chi connectivity index (χ0n) is 19.7. The number of nitro benzene ring substituents is 1. The van der Waals surface area contributed by atoms with Crippen LogP contribution in [0.4, 0.5) is 5.69 Å². The van der Waals surface area contributed by atoms with Crippen molar-refractivity contribution in [3.8, 4) is 0 Å².